The Kier molecular flexibility index (Phi) is 5.33. The Morgan fingerprint density at radius 1 is 0.857 bits per heavy atom. The molecule has 0 saturated carbocycles. The van der Waals surface area contributed by atoms with Gasteiger partial charge in [0.2, 0.25) is 0 Å². The van der Waals surface area contributed by atoms with Gasteiger partial charge in [0.15, 0.2) is 0 Å². The van der Waals surface area contributed by atoms with Gasteiger partial charge in [0.25, 0.3) is 0 Å². The fraction of sp³-hybridized carbons (Fsp3) is 0.333. The van der Waals surface area contributed by atoms with Crippen molar-refractivity contribution in [1.29, 1.82) is 0 Å². The summed E-state index contributed by atoms with van der Waals surface area (Å²) in [6.45, 7) is 4.87. The summed E-state index contributed by atoms with van der Waals surface area (Å²) in [4.78, 5) is 3.78. The first-order valence-corrected chi connectivity index (χ1v) is 8.44. The summed E-state index contributed by atoms with van der Waals surface area (Å²) in [5.41, 5.74) is 2.78. The molecule has 0 bridgehead atoms. The van der Waals surface area contributed by atoms with Crippen LogP contribution < -0.4 is 0 Å². The minimum atomic E-state index is 0.867. The smallest absolute Gasteiger partial charge is 0.0594 e. The van der Waals surface area contributed by atoms with Crippen molar-refractivity contribution in [3.05, 3.63) is 65.7 Å². The molecule has 3 heteroatoms. The molecule has 1 aliphatic rings. The maximum Gasteiger partial charge on any atom is 0.0594 e. The lowest BCUT2D eigenvalue weighted by molar-refractivity contribution is 0.0342. The zero-order chi connectivity index (χ0) is 14.3. The van der Waals surface area contributed by atoms with Crippen molar-refractivity contribution in [2.24, 2.45) is 0 Å². The van der Waals surface area contributed by atoms with Crippen molar-refractivity contribution in [3.63, 3.8) is 0 Å². The van der Waals surface area contributed by atoms with Gasteiger partial charge in [-0.3, -0.25) is 4.90 Å². The molecule has 110 valence electrons. The second kappa shape index (κ2) is 7.64. The summed E-state index contributed by atoms with van der Waals surface area (Å²) in [5, 5.41) is 0. The van der Waals surface area contributed by atoms with Gasteiger partial charge in [-0.05, 0) is 23.3 Å². The Hall–Kier alpha value is -1.29. The molecule has 2 nitrogen and oxygen atoms in total. The van der Waals surface area contributed by atoms with Crippen LogP contribution in [-0.2, 0) is 17.0 Å². The van der Waals surface area contributed by atoms with Crippen LogP contribution in [0.25, 0.3) is 0 Å². The molecule has 0 aromatic heterocycles. The molecule has 0 N–H and O–H groups in total. The Labute approximate surface area is 131 Å². The average Bonchev–Trinajstić information content (AvgIpc) is 2.56. The highest BCUT2D eigenvalue weighted by molar-refractivity contribution is 7.98. The Balaban J connectivity index is 1.51. The number of hydrogen-bond donors (Lipinski definition) is 0. The number of ether oxygens (including phenoxy) is 1. The van der Waals surface area contributed by atoms with Crippen molar-refractivity contribution >= 4 is 11.8 Å². The number of benzene rings is 2. The van der Waals surface area contributed by atoms with Gasteiger partial charge in [0.1, 0.15) is 0 Å². The van der Waals surface area contributed by atoms with E-state index in [1.807, 2.05) is 11.8 Å². The molecule has 0 atom stereocenters. The second-order valence-electron chi connectivity index (χ2n) is 5.31. The van der Waals surface area contributed by atoms with E-state index in [0.29, 0.717) is 0 Å². The Morgan fingerprint density at radius 3 is 2.24 bits per heavy atom. The molecule has 0 aliphatic carbocycles. The van der Waals surface area contributed by atoms with Gasteiger partial charge in [-0.25, -0.2) is 0 Å². The van der Waals surface area contributed by atoms with Crippen LogP contribution in [0.3, 0.4) is 0 Å². The largest absolute Gasteiger partial charge is 0.379 e. The summed E-state index contributed by atoms with van der Waals surface area (Å²) in [6.07, 6.45) is 0. The van der Waals surface area contributed by atoms with E-state index >= 15 is 0 Å². The summed E-state index contributed by atoms with van der Waals surface area (Å²) in [7, 11) is 0. The summed E-state index contributed by atoms with van der Waals surface area (Å²) < 4.78 is 5.39. The third-order valence-corrected chi connectivity index (χ3v) is 4.76. The minimum absolute atomic E-state index is 0.867. The molecule has 1 heterocycles. The highest BCUT2D eigenvalue weighted by Crippen LogP contribution is 2.22. The van der Waals surface area contributed by atoms with Crippen LogP contribution in [0.5, 0.6) is 0 Å². The van der Waals surface area contributed by atoms with Crippen LogP contribution in [0, 0.1) is 0 Å². The van der Waals surface area contributed by atoms with E-state index in [0.717, 1.165) is 38.6 Å². The zero-order valence-electron chi connectivity index (χ0n) is 12.2. The maximum absolute atomic E-state index is 5.39. The third kappa shape index (κ3) is 4.60. The molecule has 3 rings (SSSR count). The molecule has 1 aliphatic heterocycles. The van der Waals surface area contributed by atoms with E-state index in [1.165, 1.54) is 16.0 Å². The van der Waals surface area contributed by atoms with E-state index in [9.17, 15) is 0 Å². The van der Waals surface area contributed by atoms with Crippen molar-refractivity contribution in [2.45, 2.75) is 17.2 Å². The number of hydrogen-bond acceptors (Lipinski definition) is 3. The molecule has 0 spiro atoms. The molecule has 1 fully saturated rings. The standard InChI is InChI=1S/C18H21NOS/c1-2-4-18(5-3-1)21-15-17-8-6-16(7-9-17)14-19-10-12-20-13-11-19/h1-9H,10-15H2. The normalized spacial score (nSPS) is 16.0. The predicted molar refractivity (Wildman–Crippen MR) is 88.5 cm³/mol. The predicted octanol–water partition coefficient (Wildman–Crippen LogP) is 3.81. The molecule has 0 radical (unpaired) electrons. The number of rotatable bonds is 5. The lowest BCUT2D eigenvalue weighted by Crippen LogP contribution is -2.35. The maximum atomic E-state index is 5.39. The topological polar surface area (TPSA) is 12.5 Å². The summed E-state index contributed by atoms with van der Waals surface area (Å²) in [6, 6.07) is 19.6. The number of thioether (sulfide) groups is 1. The van der Waals surface area contributed by atoms with Crippen molar-refractivity contribution in [2.75, 3.05) is 26.3 Å². The van der Waals surface area contributed by atoms with Crippen LogP contribution in [0.4, 0.5) is 0 Å². The Morgan fingerprint density at radius 2 is 1.52 bits per heavy atom. The molecule has 1 saturated heterocycles. The number of nitrogens with zero attached hydrogens (tertiary/aromatic N) is 1. The summed E-state index contributed by atoms with van der Waals surface area (Å²) >= 11 is 1.89. The Bertz CT molecular complexity index is 535. The number of morpholine rings is 1. The quantitative estimate of drug-likeness (QED) is 0.779. The highest BCUT2D eigenvalue weighted by Gasteiger charge is 2.10. The van der Waals surface area contributed by atoms with Crippen LogP contribution >= 0.6 is 11.8 Å². The molecule has 2 aromatic rings. The monoisotopic (exact) mass is 299 g/mol. The van der Waals surface area contributed by atoms with Gasteiger partial charge < -0.3 is 4.74 Å². The van der Waals surface area contributed by atoms with Crippen LogP contribution in [0.1, 0.15) is 11.1 Å². The molecule has 2 aromatic carbocycles. The van der Waals surface area contributed by atoms with E-state index in [4.69, 9.17) is 4.74 Å². The molecule has 21 heavy (non-hydrogen) atoms. The zero-order valence-corrected chi connectivity index (χ0v) is 13.0. The fourth-order valence-corrected chi connectivity index (χ4v) is 3.32. The van der Waals surface area contributed by atoms with Gasteiger partial charge >= 0.3 is 0 Å². The molecule has 0 unspecified atom stereocenters. The average molecular weight is 299 g/mol. The van der Waals surface area contributed by atoms with Crippen molar-refractivity contribution < 1.29 is 4.74 Å². The first kappa shape index (κ1) is 14.6. The molecular formula is C18H21NOS. The van der Waals surface area contributed by atoms with Gasteiger partial charge in [0, 0.05) is 30.3 Å². The lowest BCUT2D eigenvalue weighted by Gasteiger charge is -2.26. The second-order valence-corrected chi connectivity index (χ2v) is 6.36. The molecular weight excluding hydrogens is 278 g/mol. The van der Waals surface area contributed by atoms with Crippen LogP contribution in [0.2, 0.25) is 0 Å². The van der Waals surface area contributed by atoms with Gasteiger partial charge in [-0.2, -0.15) is 0 Å². The summed E-state index contributed by atoms with van der Waals surface area (Å²) in [5.74, 6) is 1.03. The third-order valence-electron chi connectivity index (χ3n) is 3.68. The minimum Gasteiger partial charge on any atom is -0.379 e. The van der Waals surface area contributed by atoms with Gasteiger partial charge in [-0.1, -0.05) is 42.5 Å². The first-order valence-electron chi connectivity index (χ1n) is 7.46. The van der Waals surface area contributed by atoms with E-state index in [-0.39, 0.29) is 0 Å². The lowest BCUT2D eigenvalue weighted by atomic mass is 10.1. The van der Waals surface area contributed by atoms with Crippen LogP contribution in [0.15, 0.2) is 59.5 Å². The van der Waals surface area contributed by atoms with Crippen molar-refractivity contribution in [1.82, 2.24) is 4.90 Å². The van der Waals surface area contributed by atoms with Crippen molar-refractivity contribution in [3.8, 4) is 0 Å². The first-order chi connectivity index (χ1) is 10.4. The van der Waals surface area contributed by atoms with E-state index in [1.54, 1.807) is 0 Å². The van der Waals surface area contributed by atoms with Crippen LogP contribution in [-0.4, -0.2) is 31.2 Å². The highest BCUT2D eigenvalue weighted by atomic mass is 32.2. The molecule has 0 amide bonds. The SMILES string of the molecule is c1ccc(SCc2ccc(CN3CCOCC3)cc2)cc1. The van der Waals surface area contributed by atoms with Gasteiger partial charge in [0.05, 0.1) is 13.2 Å². The van der Waals surface area contributed by atoms with E-state index in [2.05, 4.69) is 59.5 Å². The fourth-order valence-electron chi connectivity index (χ4n) is 2.44. The van der Waals surface area contributed by atoms with Gasteiger partial charge in [-0.15, -0.1) is 11.8 Å². The van der Waals surface area contributed by atoms with E-state index < -0.39 is 0 Å².